The zero-order chi connectivity index (χ0) is 12.3. The molecule has 1 amide bonds. The highest BCUT2D eigenvalue weighted by Gasteiger charge is 2.33. The minimum atomic E-state index is -0.825. The number of carboxylic acid groups (broad SMARTS) is 1. The van der Waals surface area contributed by atoms with Gasteiger partial charge in [-0.25, -0.2) is 0 Å². The first kappa shape index (κ1) is 13.0. The molecule has 1 saturated heterocycles. The first-order valence-corrected chi connectivity index (χ1v) is 5.50. The number of methoxy groups -OCH3 is 1. The summed E-state index contributed by atoms with van der Waals surface area (Å²) in [5.74, 6) is -1.17. The predicted molar refractivity (Wildman–Crippen MR) is 58.0 cm³/mol. The van der Waals surface area contributed by atoms with Crippen LogP contribution in [-0.2, 0) is 14.3 Å². The molecule has 0 aromatic heterocycles. The molecule has 0 bridgehead atoms. The second kappa shape index (κ2) is 5.30. The summed E-state index contributed by atoms with van der Waals surface area (Å²) >= 11 is 0. The summed E-state index contributed by atoms with van der Waals surface area (Å²) in [6, 6.07) is 0. The number of amides is 1. The van der Waals surface area contributed by atoms with Gasteiger partial charge in [-0.1, -0.05) is 6.92 Å². The van der Waals surface area contributed by atoms with Crippen LogP contribution in [0.1, 0.15) is 20.3 Å². The van der Waals surface area contributed by atoms with Crippen molar-refractivity contribution in [1.29, 1.82) is 0 Å². The van der Waals surface area contributed by atoms with Crippen molar-refractivity contribution in [2.24, 2.45) is 11.8 Å². The van der Waals surface area contributed by atoms with Crippen LogP contribution in [0.2, 0.25) is 0 Å². The number of carbonyl (C=O) groups is 2. The average Bonchev–Trinajstić information content (AvgIpc) is 2.26. The highest BCUT2D eigenvalue weighted by atomic mass is 16.5. The lowest BCUT2D eigenvalue weighted by Crippen LogP contribution is -2.48. The molecule has 3 unspecified atom stereocenters. The second-order valence-corrected chi connectivity index (χ2v) is 4.50. The summed E-state index contributed by atoms with van der Waals surface area (Å²) in [6.45, 7) is 4.56. The maximum absolute atomic E-state index is 11.9. The van der Waals surface area contributed by atoms with Gasteiger partial charge in [-0.2, -0.15) is 0 Å². The fraction of sp³-hybridized carbons (Fsp3) is 0.818. The summed E-state index contributed by atoms with van der Waals surface area (Å²) in [5.41, 5.74) is 0. The molecular weight excluding hydrogens is 210 g/mol. The van der Waals surface area contributed by atoms with Gasteiger partial charge in [0.25, 0.3) is 5.91 Å². The summed E-state index contributed by atoms with van der Waals surface area (Å²) in [4.78, 5) is 24.4. The van der Waals surface area contributed by atoms with E-state index in [2.05, 4.69) is 0 Å². The van der Waals surface area contributed by atoms with Gasteiger partial charge < -0.3 is 14.7 Å². The van der Waals surface area contributed by atoms with Crippen molar-refractivity contribution < 1.29 is 19.4 Å². The standard InChI is InChI=1S/C11H19NO4/c1-7-4-9(11(14)15)6-12(5-7)10(13)8(2)16-3/h7-9H,4-6H2,1-3H3,(H,14,15). The van der Waals surface area contributed by atoms with Gasteiger partial charge in [0.1, 0.15) is 6.10 Å². The van der Waals surface area contributed by atoms with Crippen LogP contribution < -0.4 is 0 Å². The lowest BCUT2D eigenvalue weighted by Gasteiger charge is -2.35. The number of nitrogens with zero attached hydrogens (tertiary/aromatic N) is 1. The molecule has 0 spiro atoms. The van der Waals surface area contributed by atoms with E-state index in [4.69, 9.17) is 9.84 Å². The number of carbonyl (C=O) groups excluding carboxylic acids is 1. The molecule has 0 aliphatic carbocycles. The number of likely N-dealkylation sites (tertiary alicyclic amines) is 1. The van der Waals surface area contributed by atoms with Crippen molar-refractivity contribution in [2.75, 3.05) is 20.2 Å². The molecular formula is C11H19NO4. The van der Waals surface area contributed by atoms with Gasteiger partial charge in [-0.15, -0.1) is 0 Å². The number of rotatable bonds is 3. The van der Waals surface area contributed by atoms with E-state index in [1.54, 1.807) is 11.8 Å². The fourth-order valence-corrected chi connectivity index (χ4v) is 2.07. The number of aliphatic carboxylic acids is 1. The minimum Gasteiger partial charge on any atom is -0.481 e. The molecule has 1 fully saturated rings. The zero-order valence-electron chi connectivity index (χ0n) is 9.97. The molecule has 5 nitrogen and oxygen atoms in total. The lowest BCUT2D eigenvalue weighted by atomic mass is 9.90. The Morgan fingerprint density at radius 1 is 1.44 bits per heavy atom. The van der Waals surface area contributed by atoms with Crippen LogP contribution in [0, 0.1) is 11.8 Å². The molecule has 0 aromatic rings. The van der Waals surface area contributed by atoms with Gasteiger partial charge in [-0.3, -0.25) is 9.59 Å². The predicted octanol–water partition coefficient (Wildman–Crippen LogP) is 0.591. The van der Waals surface area contributed by atoms with Crippen LogP contribution in [0.15, 0.2) is 0 Å². The van der Waals surface area contributed by atoms with Gasteiger partial charge in [0.15, 0.2) is 0 Å². The van der Waals surface area contributed by atoms with Crippen molar-refractivity contribution in [3.05, 3.63) is 0 Å². The van der Waals surface area contributed by atoms with Gasteiger partial charge in [0, 0.05) is 20.2 Å². The van der Waals surface area contributed by atoms with E-state index in [1.807, 2.05) is 6.92 Å². The molecule has 3 atom stereocenters. The molecule has 1 heterocycles. The molecule has 0 radical (unpaired) electrons. The Labute approximate surface area is 95.4 Å². The Balaban J connectivity index is 2.67. The number of hydrogen-bond acceptors (Lipinski definition) is 3. The van der Waals surface area contributed by atoms with E-state index in [0.717, 1.165) is 0 Å². The van der Waals surface area contributed by atoms with Crippen LogP contribution in [0.4, 0.5) is 0 Å². The van der Waals surface area contributed by atoms with E-state index in [-0.39, 0.29) is 11.8 Å². The normalized spacial score (nSPS) is 27.6. The van der Waals surface area contributed by atoms with Crippen LogP contribution in [0.3, 0.4) is 0 Å². The molecule has 16 heavy (non-hydrogen) atoms. The second-order valence-electron chi connectivity index (χ2n) is 4.50. The molecule has 92 valence electrons. The Bertz CT molecular complexity index is 279. The Morgan fingerprint density at radius 2 is 2.06 bits per heavy atom. The van der Waals surface area contributed by atoms with Gasteiger partial charge in [-0.05, 0) is 19.3 Å². The quantitative estimate of drug-likeness (QED) is 0.769. The van der Waals surface area contributed by atoms with Crippen molar-refractivity contribution in [3.8, 4) is 0 Å². The number of carboxylic acids is 1. The van der Waals surface area contributed by atoms with E-state index in [0.29, 0.717) is 19.5 Å². The number of ether oxygens (including phenoxy) is 1. The molecule has 1 N–H and O–H groups in total. The Hall–Kier alpha value is -1.10. The molecule has 1 aliphatic heterocycles. The van der Waals surface area contributed by atoms with Crippen molar-refractivity contribution >= 4 is 11.9 Å². The summed E-state index contributed by atoms with van der Waals surface area (Å²) in [6.07, 6.45) is 0.139. The van der Waals surface area contributed by atoms with Crippen LogP contribution in [0.25, 0.3) is 0 Å². The van der Waals surface area contributed by atoms with E-state index >= 15 is 0 Å². The topological polar surface area (TPSA) is 66.8 Å². The average molecular weight is 229 g/mol. The highest BCUT2D eigenvalue weighted by Crippen LogP contribution is 2.22. The first-order chi connectivity index (χ1) is 7.45. The van der Waals surface area contributed by atoms with Gasteiger partial charge in [0.05, 0.1) is 5.92 Å². The summed E-state index contributed by atoms with van der Waals surface area (Å²) in [7, 11) is 1.48. The summed E-state index contributed by atoms with van der Waals surface area (Å²) in [5, 5.41) is 8.98. The van der Waals surface area contributed by atoms with Crippen molar-refractivity contribution in [1.82, 2.24) is 4.90 Å². The number of piperidine rings is 1. The minimum absolute atomic E-state index is 0.125. The lowest BCUT2D eigenvalue weighted by molar-refractivity contribution is -0.150. The first-order valence-electron chi connectivity index (χ1n) is 5.50. The third-order valence-corrected chi connectivity index (χ3v) is 3.02. The Kier molecular flexibility index (Phi) is 4.29. The van der Waals surface area contributed by atoms with Crippen LogP contribution in [0.5, 0.6) is 0 Å². The Morgan fingerprint density at radius 3 is 2.56 bits per heavy atom. The molecule has 5 heteroatoms. The monoisotopic (exact) mass is 229 g/mol. The van der Waals surface area contributed by atoms with E-state index < -0.39 is 18.0 Å². The van der Waals surface area contributed by atoms with Gasteiger partial charge >= 0.3 is 5.97 Å². The smallest absolute Gasteiger partial charge is 0.308 e. The summed E-state index contributed by atoms with van der Waals surface area (Å²) < 4.78 is 4.96. The third-order valence-electron chi connectivity index (χ3n) is 3.02. The molecule has 1 aliphatic rings. The van der Waals surface area contributed by atoms with Gasteiger partial charge in [0.2, 0.25) is 0 Å². The highest BCUT2D eigenvalue weighted by molar-refractivity contribution is 5.81. The third kappa shape index (κ3) is 2.95. The maximum atomic E-state index is 11.9. The SMILES string of the molecule is COC(C)C(=O)N1CC(C)CC(C(=O)O)C1. The van der Waals surface area contributed by atoms with E-state index in [1.165, 1.54) is 7.11 Å². The zero-order valence-corrected chi connectivity index (χ0v) is 9.97. The van der Waals surface area contributed by atoms with Crippen LogP contribution >= 0.6 is 0 Å². The fourth-order valence-electron chi connectivity index (χ4n) is 2.07. The molecule has 1 rings (SSSR count). The van der Waals surface area contributed by atoms with E-state index in [9.17, 15) is 9.59 Å². The molecule has 0 saturated carbocycles. The van der Waals surface area contributed by atoms with Crippen molar-refractivity contribution in [2.45, 2.75) is 26.4 Å². The molecule has 0 aromatic carbocycles. The van der Waals surface area contributed by atoms with Crippen molar-refractivity contribution in [3.63, 3.8) is 0 Å². The largest absolute Gasteiger partial charge is 0.481 e. The maximum Gasteiger partial charge on any atom is 0.308 e. The number of hydrogen-bond donors (Lipinski definition) is 1. The van der Waals surface area contributed by atoms with Crippen LogP contribution in [-0.4, -0.2) is 48.2 Å².